The van der Waals surface area contributed by atoms with Gasteiger partial charge >= 0.3 is 5.97 Å². The van der Waals surface area contributed by atoms with Gasteiger partial charge in [-0.1, -0.05) is 32.9 Å². The molecule has 0 aliphatic heterocycles. The van der Waals surface area contributed by atoms with Gasteiger partial charge in [0.1, 0.15) is 0 Å². The van der Waals surface area contributed by atoms with Gasteiger partial charge in [0.25, 0.3) is 0 Å². The largest absolute Gasteiger partial charge is 0.386 e. The summed E-state index contributed by atoms with van der Waals surface area (Å²) in [7, 11) is 0. The standard InChI is InChI=1S/C13H17O2/c1-8-6-10(13(3,4)5)7-9(2)11(8)12(14)15/h6-7H,1-5H3. The third-order valence-electron chi connectivity index (χ3n) is 2.60. The third-order valence-corrected chi connectivity index (χ3v) is 2.60. The number of carbonyl (C=O) groups is 1. The number of hydrogen-bond donors (Lipinski definition) is 0. The Bertz CT molecular complexity index is 374. The van der Waals surface area contributed by atoms with Crippen LogP contribution in [0.1, 0.15) is 47.8 Å². The Kier molecular flexibility index (Phi) is 2.89. The van der Waals surface area contributed by atoms with Crippen LogP contribution in [-0.4, -0.2) is 5.97 Å². The van der Waals surface area contributed by atoms with E-state index in [1.54, 1.807) is 0 Å². The lowest BCUT2D eigenvalue weighted by atomic mass is 9.84. The summed E-state index contributed by atoms with van der Waals surface area (Å²) >= 11 is 0. The molecule has 0 spiro atoms. The van der Waals surface area contributed by atoms with Crippen LogP contribution in [0.3, 0.4) is 0 Å². The second kappa shape index (κ2) is 3.69. The van der Waals surface area contributed by atoms with Crippen molar-refractivity contribution in [3.63, 3.8) is 0 Å². The lowest BCUT2D eigenvalue weighted by molar-refractivity contribution is 0.0571. The Hall–Kier alpha value is -1.31. The van der Waals surface area contributed by atoms with Crippen molar-refractivity contribution >= 4 is 5.97 Å². The van der Waals surface area contributed by atoms with E-state index in [1.807, 2.05) is 26.0 Å². The van der Waals surface area contributed by atoms with E-state index in [9.17, 15) is 9.90 Å². The molecule has 2 nitrogen and oxygen atoms in total. The zero-order valence-corrected chi connectivity index (χ0v) is 9.97. The predicted octanol–water partition coefficient (Wildman–Crippen LogP) is 3.17. The first-order chi connectivity index (χ1) is 6.73. The van der Waals surface area contributed by atoms with Crippen LogP contribution in [0.2, 0.25) is 0 Å². The van der Waals surface area contributed by atoms with Crippen LogP contribution in [0, 0.1) is 13.8 Å². The average Bonchev–Trinajstić information content (AvgIpc) is 1.99. The number of hydrogen-bond acceptors (Lipinski definition) is 1. The lowest BCUT2D eigenvalue weighted by Crippen LogP contribution is -2.13. The minimum atomic E-state index is -1.09. The van der Waals surface area contributed by atoms with Crippen LogP contribution in [0.15, 0.2) is 12.1 Å². The molecule has 0 bridgehead atoms. The second-order valence-electron chi connectivity index (χ2n) is 5.02. The molecule has 0 amide bonds. The van der Waals surface area contributed by atoms with Gasteiger partial charge in [-0.05, 0) is 36.0 Å². The van der Waals surface area contributed by atoms with Crippen molar-refractivity contribution in [2.75, 3.05) is 0 Å². The summed E-state index contributed by atoms with van der Waals surface area (Å²) in [5.41, 5.74) is 3.07. The Balaban J connectivity index is 3.39. The molecule has 1 rings (SSSR count). The first-order valence-electron chi connectivity index (χ1n) is 5.06. The van der Waals surface area contributed by atoms with Gasteiger partial charge in [0.2, 0.25) is 0 Å². The van der Waals surface area contributed by atoms with Crippen molar-refractivity contribution in [3.8, 4) is 0 Å². The quantitative estimate of drug-likeness (QED) is 0.693. The van der Waals surface area contributed by atoms with Crippen LogP contribution in [0.5, 0.6) is 0 Å². The fourth-order valence-corrected chi connectivity index (χ4v) is 1.72. The highest BCUT2D eigenvalue weighted by atomic mass is 16.4. The molecule has 0 aliphatic rings. The van der Waals surface area contributed by atoms with E-state index in [-0.39, 0.29) is 5.41 Å². The topological polar surface area (TPSA) is 37.0 Å². The summed E-state index contributed by atoms with van der Waals surface area (Å²) in [6.45, 7) is 9.96. The van der Waals surface area contributed by atoms with Crippen molar-refractivity contribution in [2.45, 2.75) is 40.0 Å². The fraction of sp³-hybridized carbons (Fsp3) is 0.462. The molecule has 0 aliphatic carbocycles. The first-order valence-corrected chi connectivity index (χ1v) is 5.06. The van der Waals surface area contributed by atoms with Crippen LogP contribution in [0.25, 0.3) is 0 Å². The van der Waals surface area contributed by atoms with Crippen LogP contribution in [-0.2, 0) is 10.5 Å². The summed E-state index contributed by atoms with van der Waals surface area (Å²) in [5, 5.41) is 10.9. The van der Waals surface area contributed by atoms with Crippen molar-refractivity contribution in [3.05, 3.63) is 34.4 Å². The monoisotopic (exact) mass is 205 g/mol. The number of rotatable bonds is 1. The van der Waals surface area contributed by atoms with E-state index in [0.717, 1.165) is 16.7 Å². The van der Waals surface area contributed by atoms with Gasteiger partial charge in [0.05, 0.1) is 5.56 Å². The maximum absolute atomic E-state index is 10.9. The van der Waals surface area contributed by atoms with Gasteiger partial charge in [-0.25, -0.2) is 9.90 Å². The minimum Gasteiger partial charge on any atom is -0.241 e. The van der Waals surface area contributed by atoms with Gasteiger partial charge in [-0.3, -0.25) is 0 Å². The first kappa shape index (κ1) is 11.8. The van der Waals surface area contributed by atoms with E-state index >= 15 is 0 Å². The summed E-state index contributed by atoms with van der Waals surface area (Å²) in [4.78, 5) is 10.9. The summed E-state index contributed by atoms with van der Waals surface area (Å²) in [5.74, 6) is -1.09. The molecule has 0 N–H and O–H groups in total. The second-order valence-corrected chi connectivity index (χ2v) is 5.02. The highest BCUT2D eigenvalue weighted by Gasteiger charge is 2.19. The van der Waals surface area contributed by atoms with Crippen LogP contribution in [0.4, 0.5) is 0 Å². The predicted molar refractivity (Wildman–Crippen MR) is 59.6 cm³/mol. The molecule has 0 atom stereocenters. The van der Waals surface area contributed by atoms with Crippen LogP contribution < -0.4 is 0 Å². The third kappa shape index (κ3) is 2.38. The molecule has 15 heavy (non-hydrogen) atoms. The molecule has 0 fully saturated rings. The van der Waals surface area contributed by atoms with Crippen LogP contribution >= 0.6 is 0 Å². The Morgan fingerprint density at radius 3 is 1.73 bits per heavy atom. The summed E-state index contributed by atoms with van der Waals surface area (Å²) in [6, 6.07) is 3.86. The van der Waals surface area contributed by atoms with Gasteiger partial charge in [0, 0.05) is 0 Å². The van der Waals surface area contributed by atoms with Crippen molar-refractivity contribution in [2.24, 2.45) is 0 Å². The molecule has 1 aromatic carbocycles. The lowest BCUT2D eigenvalue weighted by Gasteiger charge is -2.21. The Morgan fingerprint density at radius 1 is 1.07 bits per heavy atom. The Labute approximate surface area is 90.9 Å². The fourth-order valence-electron chi connectivity index (χ4n) is 1.72. The normalized spacial score (nSPS) is 11.5. The van der Waals surface area contributed by atoms with E-state index in [2.05, 4.69) is 20.8 Å². The van der Waals surface area contributed by atoms with E-state index in [1.165, 1.54) is 0 Å². The molecule has 0 saturated heterocycles. The molecule has 2 heteroatoms. The molecule has 1 aromatic rings. The van der Waals surface area contributed by atoms with E-state index in [0.29, 0.717) is 5.56 Å². The molecule has 0 unspecified atom stereocenters. The summed E-state index contributed by atoms with van der Waals surface area (Å²) in [6.07, 6.45) is 0. The van der Waals surface area contributed by atoms with Gasteiger partial charge in [-0.15, -0.1) is 0 Å². The number of aryl methyl sites for hydroxylation is 2. The zero-order chi connectivity index (χ0) is 11.8. The maximum atomic E-state index is 10.9. The minimum absolute atomic E-state index is 0.0416. The maximum Gasteiger partial charge on any atom is 0.386 e. The molecule has 81 valence electrons. The highest BCUT2D eigenvalue weighted by molar-refractivity contribution is 5.90. The Morgan fingerprint density at radius 2 is 1.47 bits per heavy atom. The SMILES string of the molecule is Cc1cc(C(C)(C)C)cc(C)c1C([O])=O. The summed E-state index contributed by atoms with van der Waals surface area (Å²) < 4.78 is 0. The van der Waals surface area contributed by atoms with Gasteiger partial charge < -0.3 is 0 Å². The number of benzene rings is 1. The van der Waals surface area contributed by atoms with Crippen molar-refractivity contribution < 1.29 is 9.90 Å². The molecule has 0 saturated carbocycles. The van der Waals surface area contributed by atoms with Gasteiger partial charge in [0.15, 0.2) is 0 Å². The van der Waals surface area contributed by atoms with Gasteiger partial charge in [-0.2, -0.15) is 0 Å². The van der Waals surface area contributed by atoms with Crippen molar-refractivity contribution in [1.29, 1.82) is 0 Å². The van der Waals surface area contributed by atoms with E-state index in [4.69, 9.17) is 0 Å². The highest BCUT2D eigenvalue weighted by Crippen LogP contribution is 2.26. The average molecular weight is 205 g/mol. The smallest absolute Gasteiger partial charge is 0.241 e. The zero-order valence-electron chi connectivity index (χ0n) is 9.97. The molecule has 0 aromatic heterocycles. The molecular weight excluding hydrogens is 188 g/mol. The molecular formula is C13H17O2. The van der Waals surface area contributed by atoms with Crippen molar-refractivity contribution in [1.82, 2.24) is 0 Å². The molecule has 1 radical (unpaired) electrons. The number of carbonyl (C=O) groups excluding carboxylic acids is 1. The molecule has 0 heterocycles. The van der Waals surface area contributed by atoms with E-state index < -0.39 is 5.97 Å².